The summed E-state index contributed by atoms with van der Waals surface area (Å²) in [7, 11) is 0. The lowest BCUT2D eigenvalue weighted by atomic mass is 10.2. The van der Waals surface area contributed by atoms with E-state index in [0.717, 1.165) is 25.0 Å². The largest absolute Gasteiger partial charge is 0.357 e. The van der Waals surface area contributed by atoms with Gasteiger partial charge >= 0.3 is 0 Å². The van der Waals surface area contributed by atoms with Crippen LogP contribution in [0.2, 0.25) is 0 Å². The molecule has 0 atom stereocenters. The van der Waals surface area contributed by atoms with Gasteiger partial charge in [-0.1, -0.05) is 18.2 Å². The zero-order valence-electron chi connectivity index (χ0n) is 8.25. The molecule has 0 spiro atoms. The molecule has 0 radical (unpaired) electrons. The highest BCUT2D eigenvalue weighted by Gasteiger charge is 2.24. The van der Waals surface area contributed by atoms with E-state index in [-0.39, 0.29) is 5.78 Å². The lowest BCUT2D eigenvalue weighted by molar-refractivity contribution is -0.115. The topological polar surface area (TPSA) is 57.5 Å². The Bertz CT molecular complexity index is 143. The first-order valence-corrected chi connectivity index (χ1v) is 5.48. The molecule has 0 aromatic rings. The van der Waals surface area contributed by atoms with Gasteiger partial charge in [0.1, 0.15) is 5.78 Å². The molecule has 13 heavy (non-hydrogen) atoms. The predicted molar refractivity (Wildman–Crippen MR) is 54.4 cm³/mol. The summed E-state index contributed by atoms with van der Waals surface area (Å²) < 4.78 is 0. The summed E-state index contributed by atoms with van der Waals surface area (Å²) in [5.74, 6) is 1.05. The summed E-state index contributed by atoms with van der Waals surface area (Å²) in [5.41, 5.74) is 0. The van der Waals surface area contributed by atoms with Crippen molar-refractivity contribution in [1.82, 2.24) is 0 Å². The Morgan fingerprint density at radius 3 is 2.31 bits per heavy atom. The predicted octanol–water partition coefficient (Wildman–Crippen LogP) is 1.53. The van der Waals surface area contributed by atoms with Crippen LogP contribution in [-0.2, 0) is 4.79 Å². The first kappa shape index (κ1) is 12.9. The molecule has 0 aromatic carbocycles. The van der Waals surface area contributed by atoms with Gasteiger partial charge in [-0.2, -0.15) is 0 Å². The Hall–Kier alpha value is -0.0600. The van der Waals surface area contributed by atoms with Crippen molar-refractivity contribution in [2.75, 3.05) is 5.75 Å². The van der Waals surface area contributed by atoms with Crippen molar-refractivity contribution in [3.05, 3.63) is 0 Å². The van der Waals surface area contributed by atoms with Gasteiger partial charge in [0.15, 0.2) is 0 Å². The molecule has 1 saturated heterocycles. The fourth-order valence-electron chi connectivity index (χ4n) is 0.942. The van der Waals surface area contributed by atoms with E-state index in [1.54, 1.807) is 0 Å². The monoisotopic (exact) mass is 206 g/mol. The van der Waals surface area contributed by atoms with Crippen LogP contribution in [0.25, 0.3) is 0 Å². The lowest BCUT2D eigenvalue weighted by Gasteiger charge is -2.16. The van der Waals surface area contributed by atoms with Crippen LogP contribution in [0.15, 0.2) is 0 Å². The summed E-state index contributed by atoms with van der Waals surface area (Å²) in [6.45, 7) is 3.06. The standard InChI is InChI=1S/C6H12O2S.C3H6O/c7-6(8)4-2-1-3-5-9-6;1-3(2)4/h7-8H,1-5H2;1-2H3. The SMILES string of the molecule is CC(C)=O.OC1(O)CCCCCS1. The zero-order chi connectivity index (χ0) is 10.3. The highest BCUT2D eigenvalue weighted by Crippen LogP contribution is 2.29. The Balaban J connectivity index is 0.000000310. The van der Waals surface area contributed by atoms with E-state index in [2.05, 4.69) is 0 Å². The van der Waals surface area contributed by atoms with Crippen molar-refractivity contribution in [2.45, 2.75) is 44.6 Å². The maximum absolute atomic E-state index is 9.44. The molecule has 78 valence electrons. The van der Waals surface area contributed by atoms with Crippen LogP contribution in [0.4, 0.5) is 0 Å². The molecule has 3 nitrogen and oxygen atoms in total. The average molecular weight is 206 g/mol. The molecule has 0 bridgehead atoms. The third-order valence-corrected chi connectivity index (χ3v) is 2.64. The molecule has 4 heteroatoms. The Morgan fingerprint density at radius 1 is 1.23 bits per heavy atom. The van der Waals surface area contributed by atoms with Gasteiger partial charge in [0.25, 0.3) is 0 Å². The van der Waals surface area contributed by atoms with Crippen molar-refractivity contribution >= 4 is 17.5 Å². The minimum absolute atomic E-state index is 0.167. The number of rotatable bonds is 0. The number of Topliss-reactive ketones (excluding diaryl/α,β-unsaturated/α-hetero) is 1. The average Bonchev–Trinajstić information content (AvgIpc) is 2.11. The molecule has 0 aromatic heterocycles. The second kappa shape index (κ2) is 6.40. The second-order valence-corrected chi connectivity index (χ2v) is 4.66. The Labute approximate surface area is 83.5 Å². The molecule has 1 heterocycles. The summed E-state index contributed by atoms with van der Waals surface area (Å²) >= 11 is 1.25. The van der Waals surface area contributed by atoms with Crippen LogP contribution in [0.5, 0.6) is 0 Å². The van der Waals surface area contributed by atoms with Crippen LogP contribution in [-0.4, -0.2) is 26.9 Å². The Kier molecular flexibility index (Phi) is 6.37. The first-order chi connectivity index (χ1) is 5.94. The molecule has 1 rings (SSSR count). The van der Waals surface area contributed by atoms with E-state index in [9.17, 15) is 4.79 Å². The number of ketones is 1. The van der Waals surface area contributed by atoms with Crippen molar-refractivity contribution in [3.8, 4) is 0 Å². The Morgan fingerprint density at radius 2 is 1.77 bits per heavy atom. The number of carbonyl (C=O) groups excluding carboxylic acids is 1. The minimum Gasteiger partial charge on any atom is -0.357 e. The molecule has 0 unspecified atom stereocenters. The summed E-state index contributed by atoms with van der Waals surface area (Å²) in [4.78, 5) is 9.44. The van der Waals surface area contributed by atoms with E-state index in [1.165, 1.54) is 25.6 Å². The van der Waals surface area contributed by atoms with E-state index in [0.29, 0.717) is 6.42 Å². The van der Waals surface area contributed by atoms with Crippen LogP contribution in [0.3, 0.4) is 0 Å². The number of aliphatic hydroxyl groups is 2. The van der Waals surface area contributed by atoms with Gasteiger partial charge in [-0.05, 0) is 32.4 Å². The molecular formula is C9H18O3S. The quantitative estimate of drug-likeness (QED) is 0.590. The van der Waals surface area contributed by atoms with E-state index < -0.39 is 5.12 Å². The van der Waals surface area contributed by atoms with Gasteiger partial charge < -0.3 is 15.0 Å². The number of hydrogen-bond acceptors (Lipinski definition) is 4. The van der Waals surface area contributed by atoms with Gasteiger partial charge in [0, 0.05) is 6.42 Å². The summed E-state index contributed by atoms with van der Waals surface area (Å²) in [6, 6.07) is 0. The third kappa shape index (κ3) is 9.86. The number of hydrogen-bond donors (Lipinski definition) is 2. The normalized spacial score (nSPS) is 20.9. The van der Waals surface area contributed by atoms with Gasteiger partial charge in [-0.25, -0.2) is 0 Å². The molecule has 0 amide bonds. The van der Waals surface area contributed by atoms with Crippen molar-refractivity contribution in [1.29, 1.82) is 0 Å². The second-order valence-electron chi connectivity index (χ2n) is 3.31. The number of thioether (sulfide) groups is 1. The smallest absolute Gasteiger partial charge is 0.213 e. The van der Waals surface area contributed by atoms with Crippen molar-refractivity contribution in [2.24, 2.45) is 0 Å². The highest BCUT2D eigenvalue weighted by molar-refractivity contribution is 8.00. The molecule has 0 saturated carbocycles. The van der Waals surface area contributed by atoms with E-state index in [1.807, 2.05) is 0 Å². The molecule has 1 aliphatic rings. The van der Waals surface area contributed by atoms with Gasteiger partial charge in [-0.15, -0.1) is 0 Å². The van der Waals surface area contributed by atoms with Gasteiger partial charge in [-0.3, -0.25) is 0 Å². The molecule has 1 fully saturated rings. The first-order valence-electron chi connectivity index (χ1n) is 4.50. The maximum atomic E-state index is 9.44. The molecule has 1 aliphatic heterocycles. The van der Waals surface area contributed by atoms with Crippen LogP contribution in [0, 0.1) is 0 Å². The third-order valence-electron chi connectivity index (χ3n) is 1.48. The highest BCUT2D eigenvalue weighted by atomic mass is 32.2. The maximum Gasteiger partial charge on any atom is 0.213 e. The number of carbonyl (C=O) groups is 1. The summed E-state index contributed by atoms with van der Waals surface area (Å²) in [6.07, 6.45) is 3.72. The lowest BCUT2D eigenvalue weighted by Crippen LogP contribution is -2.21. The minimum atomic E-state index is -1.42. The van der Waals surface area contributed by atoms with E-state index >= 15 is 0 Å². The van der Waals surface area contributed by atoms with Crippen molar-refractivity contribution < 1.29 is 15.0 Å². The van der Waals surface area contributed by atoms with Crippen molar-refractivity contribution in [3.63, 3.8) is 0 Å². The molecule has 2 N–H and O–H groups in total. The van der Waals surface area contributed by atoms with Crippen LogP contribution in [0.1, 0.15) is 39.5 Å². The van der Waals surface area contributed by atoms with Crippen LogP contribution >= 0.6 is 11.8 Å². The van der Waals surface area contributed by atoms with Gasteiger partial charge in [0.2, 0.25) is 5.12 Å². The summed E-state index contributed by atoms with van der Waals surface area (Å²) in [5, 5.41) is 16.7. The fourth-order valence-corrected chi connectivity index (χ4v) is 1.91. The molecule has 0 aliphatic carbocycles. The fraction of sp³-hybridized carbons (Fsp3) is 0.889. The zero-order valence-corrected chi connectivity index (χ0v) is 9.06. The van der Waals surface area contributed by atoms with Gasteiger partial charge in [0.05, 0.1) is 0 Å². The van der Waals surface area contributed by atoms with Crippen LogP contribution < -0.4 is 0 Å². The molecular weight excluding hydrogens is 188 g/mol. The van der Waals surface area contributed by atoms with E-state index in [4.69, 9.17) is 10.2 Å².